The van der Waals surface area contributed by atoms with Gasteiger partial charge in [0, 0.05) is 6.42 Å². The van der Waals surface area contributed by atoms with Crippen LogP contribution in [0.25, 0.3) is 0 Å². The first-order valence-corrected chi connectivity index (χ1v) is 22.5. The van der Waals surface area contributed by atoms with Crippen LogP contribution >= 0.6 is 7.82 Å². The van der Waals surface area contributed by atoms with Crippen LogP contribution in [0.3, 0.4) is 0 Å². The highest BCUT2D eigenvalue weighted by Gasteiger charge is 2.39. The van der Waals surface area contributed by atoms with Gasteiger partial charge in [0.05, 0.1) is 55.7 Å². The van der Waals surface area contributed by atoms with E-state index in [4.69, 9.17) is 32.7 Å². The van der Waals surface area contributed by atoms with Crippen molar-refractivity contribution in [1.29, 1.82) is 0 Å². The number of methoxy groups -OCH3 is 3. The molecule has 0 aliphatic rings. The maximum absolute atomic E-state index is 13.4. The van der Waals surface area contributed by atoms with Gasteiger partial charge in [0.2, 0.25) is 0 Å². The average Bonchev–Trinajstić information content (AvgIpc) is 3.21. The van der Waals surface area contributed by atoms with E-state index in [0.717, 1.165) is 36.0 Å². The monoisotopic (exact) mass is 827 g/mol. The summed E-state index contributed by atoms with van der Waals surface area (Å²) in [6.07, 6.45) is 14.6. The molecule has 0 fully saturated rings. The normalized spacial score (nSPS) is 13.4. The van der Waals surface area contributed by atoms with Crippen LogP contribution in [0.15, 0.2) is 72.8 Å². The Hall–Kier alpha value is -3.44. The van der Waals surface area contributed by atoms with Crippen LogP contribution in [-0.4, -0.2) is 85.4 Å². The molecule has 0 aliphatic carbocycles. The van der Waals surface area contributed by atoms with Crippen molar-refractivity contribution in [1.82, 2.24) is 0 Å². The van der Waals surface area contributed by atoms with E-state index < -0.39 is 32.1 Å². The fraction of sp³-hybridized carbons (Fsp3) is 0.587. The van der Waals surface area contributed by atoms with E-state index in [9.17, 15) is 14.3 Å². The SMILES string of the molecule is CCCCCCCCCCCCCCCC(=O)O[C@H](COC(c1ccc(OC)cc1)(c1ccc(OC)cc1)c1ccc(OC)cc1)COP(=O)([O-])OCC[N+](C)(C)C. The highest BCUT2D eigenvalue weighted by Crippen LogP contribution is 2.43. The molecule has 0 bridgehead atoms. The van der Waals surface area contributed by atoms with Gasteiger partial charge in [-0.25, -0.2) is 0 Å². The van der Waals surface area contributed by atoms with Crippen molar-refractivity contribution in [2.24, 2.45) is 0 Å². The van der Waals surface area contributed by atoms with Gasteiger partial charge in [0.25, 0.3) is 7.82 Å². The summed E-state index contributed by atoms with van der Waals surface area (Å²) in [6.45, 7) is 1.94. The minimum Gasteiger partial charge on any atom is -0.756 e. The molecule has 2 atom stereocenters. The van der Waals surface area contributed by atoms with Gasteiger partial charge in [0.1, 0.15) is 42.1 Å². The highest BCUT2D eigenvalue weighted by molar-refractivity contribution is 7.45. The largest absolute Gasteiger partial charge is 0.756 e. The summed E-state index contributed by atoms with van der Waals surface area (Å²) >= 11 is 0. The summed E-state index contributed by atoms with van der Waals surface area (Å²) in [5, 5.41) is 0. The number of hydrogen-bond donors (Lipinski definition) is 0. The Morgan fingerprint density at radius 2 is 1.02 bits per heavy atom. The maximum atomic E-state index is 13.4. The molecule has 0 saturated heterocycles. The lowest BCUT2D eigenvalue weighted by Gasteiger charge is -2.37. The van der Waals surface area contributed by atoms with Crippen LogP contribution < -0.4 is 19.1 Å². The van der Waals surface area contributed by atoms with Crippen molar-refractivity contribution >= 4 is 13.8 Å². The van der Waals surface area contributed by atoms with E-state index in [-0.39, 0.29) is 19.6 Å². The van der Waals surface area contributed by atoms with Crippen LogP contribution in [0.2, 0.25) is 0 Å². The molecule has 3 aromatic rings. The first-order valence-electron chi connectivity index (χ1n) is 21.0. The first kappa shape index (κ1) is 48.9. The number of carbonyl (C=O) groups excluding carboxylic acids is 1. The van der Waals surface area contributed by atoms with Gasteiger partial charge >= 0.3 is 5.97 Å². The second kappa shape index (κ2) is 25.9. The zero-order valence-corrected chi connectivity index (χ0v) is 37.1. The second-order valence-corrected chi connectivity index (χ2v) is 17.3. The molecule has 0 amide bonds. The molecule has 11 nitrogen and oxygen atoms in total. The Labute approximate surface area is 348 Å². The van der Waals surface area contributed by atoms with E-state index in [1.807, 2.05) is 93.9 Å². The summed E-state index contributed by atoms with van der Waals surface area (Å²) in [5.74, 6) is 1.53. The van der Waals surface area contributed by atoms with Crippen LogP contribution in [0.1, 0.15) is 114 Å². The third-order valence-corrected chi connectivity index (χ3v) is 11.2. The lowest BCUT2D eigenvalue weighted by Crippen LogP contribution is -2.39. The summed E-state index contributed by atoms with van der Waals surface area (Å²) in [4.78, 5) is 26.3. The molecule has 324 valence electrons. The van der Waals surface area contributed by atoms with Crippen molar-refractivity contribution < 1.29 is 51.5 Å². The lowest BCUT2D eigenvalue weighted by atomic mass is 9.80. The molecule has 58 heavy (non-hydrogen) atoms. The van der Waals surface area contributed by atoms with Crippen molar-refractivity contribution in [3.63, 3.8) is 0 Å². The number of phosphoric ester groups is 1. The molecule has 1 unspecified atom stereocenters. The fourth-order valence-electron chi connectivity index (χ4n) is 6.73. The summed E-state index contributed by atoms with van der Waals surface area (Å²) in [5.41, 5.74) is 0.978. The fourth-order valence-corrected chi connectivity index (χ4v) is 7.46. The lowest BCUT2D eigenvalue weighted by molar-refractivity contribution is -0.870. The summed E-state index contributed by atoms with van der Waals surface area (Å²) in [6, 6.07) is 22.5. The third-order valence-electron chi connectivity index (χ3n) is 10.2. The van der Waals surface area contributed by atoms with Gasteiger partial charge in [-0.05, 0) is 59.5 Å². The Bertz CT molecular complexity index is 1490. The zero-order valence-electron chi connectivity index (χ0n) is 36.2. The van der Waals surface area contributed by atoms with Crippen molar-refractivity contribution in [2.75, 3.05) is 68.8 Å². The maximum Gasteiger partial charge on any atom is 0.306 e. The van der Waals surface area contributed by atoms with E-state index >= 15 is 0 Å². The van der Waals surface area contributed by atoms with Gasteiger partial charge in [-0.2, -0.15) is 0 Å². The molecule has 0 saturated carbocycles. The van der Waals surface area contributed by atoms with Crippen molar-refractivity contribution in [2.45, 2.75) is 109 Å². The average molecular weight is 828 g/mol. The van der Waals surface area contributed by atoms with Gasteiger partial charge in [-0.1, -0.05) is 120 Å². The van der Waals surface area contributed by atoms with E-state index in [1.165, 1.54) is 57.8 Å². The Balaban J connectivity index is 1.80. The van der Waals surface area contributed by atoms with Crippen LogP contribution in [0.5, 0.6) is 17.2 Å². The second-order valence-electron chi connectivity index (χ2n) is 15.9. The molecular formula is C46H70NO10P. The van der Waals surface area contributed by atoms with E-state index in [1.54, 1.807) is 21.3 Å². The summed E-state index contributed by atoms with van der Waals surface area (Å²) in [7, 11) is 5.87. The molecular weight excluding hydrogens is 757 g/mol. The smallest absolute Gasteiger partial charge is 0.306 e. The van der Waals surface area contributed by atoms with Crippen molar-refractivity contribution in [3.05, 3.63) is 89.5 Å². The number of nitrogens with zero attached hydrogens (tertiary/aromatic N) is 1. The number of rotatable bonds is 31. The van der Waals surface area contributed by atoms with Crippen molar-refractivity contribution in [3.8, 4) is 17.2 Å². The summed E-state index contributed by atoms with van der Waals surface area (Å²) < 4.78 is 53.3. The molecule has 3 aromatic carbocycles. The quantitative estimate of drug-likeness (QED) is 0.0204. The number of esters is 1. The van der Waals surface area contributed by atoms with Gasteiger partial charge in [0.15, 0.2) is 0 Å². The Kier molecular flexibility index (Phi) is 21.9. The number of carbonyl (C=O) groups is 1. The number of likely N-dealkylation sites (N-methyl/N-ethyl adjacent to an activating group) is 1. The van der Waals surface area contributed by atoms with Crippen LogP contribution in [-0.2, 0) is 33.5 Å². The molecule has 3 rings (SSSR count). The Morgan fingerprint density at radius 3 is 1.40 bits per heavy atom. The minimum absolute atomic E-state index is 0.0558. The predicted molar refractivity (Wildman–Crippen MR) is 227 cm³/mol. The number of quaternary nitrogens is 1. The number of unbranched alkanes of at least 4 members (excludes halogenated alkanes) is 12. The molecule has 0 aromatic heterocycles. The molecule has 0 spiro atoms. The number of phosphoric acid groups is 1. The predicted octanol–water partition coefficient (Wildman–Crippen LogP) is 9.62. The Morgan fingerprint density at radius 1 is 0.621 bits per heavy atom. The van der Waals surface area contributed by atoms with E-state index in [2.05, 4.69) is 6.92 Å². The van der Waals surface area contributed by atoms with Crippen LogP contribution in [0, 0.1) is 0 Å². The van der Waals surface area contributed by atoms with Gasteiger partial charge < -0.3 is 42.1 Å². The molecule has 12 heteroatoms. The topological polar surface area (TPSA) is 122 Å². The first-order chi connectivity index (χ1) is 27.9. The minimum atomic E-state index is -4.74. The number of hydrogen-bond acceptors (Lipinski definition) is 10. The number of ether oxygens (including phenoxy) is 5. The number of benzene rings is 3. The molecule has 0 N–H and O–H groups in total. The zero-order chi connectivity index (χ0) is 42.3. The van der Waals surface area contributed by atoms with E-state index in [0.29, 0.717) is 34.7 Å². The van der Waals surface area contributed by atoms with Gasteiger partial charge in [-0.3, -0.25) is 9.36 Å². The third kappa shape index (κ3) is 17.4. The molecule has 0 heterocycles. The van der Waals surface area contributed by atoms with Crippen LogP contribution in [0.4, 0.5) is 0 Å². The molecule has 0 aliphatic heterocycles. The molecule has 0 radical (unpaired) electrons. The van der Waals surface area contributed by atoms with Gasteiger partial charge in [-0.15, -0.1) is 0 Å². The highest BCUT2D eigenvalue weighted by atomic mass is 31.2. The standard InChI is InChI=1S/C46H70NO10P/c1-8-9-10-11-12-13-14-15-16-17-18-19-20-21-45(48)57-44(37-56-58(49,50)55-35-34-47(2,3)4)36-54-46(38-22-28-41(51-5)29-23-38,39-24-30-42(52-6)31-25-39)40-26-32-43(53-7)33-27-40/h22-33,44H,8-21,34-37H2,1-7H3/t44-/m1/s1.